The number of aromatic nitrogens is 4. The lowest BCUT2D eigenvalue weighted by Crippen LogP contribution is -2.35. The minimum Gasteiger partial charge on any atom is -0.357 e. The largest absolute Gasteiger partial charge is 0.405 e. The Morgan fingerprint density at radius 3 is 2.70 bits per heavy atom. The lowest BCUT2D eigenvalue weighted by molar-refractivity contribution is -0.119. The Bertz CT molecular complexity index is 579. The molecule has 0 unspecified atom stereocenters. The Balaban J connectivity index is 2.48. The zero-order chi connectivity index (χ0) is 14.8. The molecule has 0 spiro atoms. The summed E-state index contributed by atoms with van der Waals surface area (Å²) >= 11 is 0. The normalized spacial score (nSPS) is 11.8. The molecule has 0 aliphatic heterocycles. The van der Waals surface area contributed by atoms with Crippen molar-refractivity contribution in [3.05, 3.63) is 6.20 Å². The number of nitrogens with zero attached hydrogens (tertiary/aromatic N) is 4. The van der Waals surface area contributed by atoms with Crippen LogP contribution < -0.4 is 10.2 Å². The second kappa shape index (κ2) is 5.51. The molecule has 0 aliphatic carbocycles. The summed E-state index contributed by atoms with van der Waals surface area (Å²) in [5, 5.41) is 9.66. The predicted octanol–water partition coefficient (Wildman–Crippen LogP) is 2.17. The molecule has 2 aromatic heterocycles. The van der Waals surface area contributed by atoms with Crippen molar-refractivity contribution in [2.45, 2.75) is 19.5 Å². The summed E-state index contributed by atoms with van der Waals surface area (Å²) < 4.78 is 38.1. The van der Waals surface area contributed by atoms with Crippen LogP contribution in [-0.2, 0) is 0 Å². The molecule has 0 saturated heterocycles. The standard InChI is InChI=1S/C11H15F3N6/c1-3-4-20(6-11(12,13)14)9-7-5-16-19-8(7)17-10(15-2)18-9/h5H,3-4,6H2,1-2H3,(H2,15,16,17,18,19). The highest BCUT2D eigenvalue weighted by Crippen LogP contribution is 2.27. The number of fused-ring (bicyclic) bond motifs is 1. The summed E-state index contributed by atoms with van der Waals surface area (Å²) in [6.07, 6.45) is -2.28. The number of aromatic amines is 1. The molecular weight excluding hydrogens is 273 g/mol. The number of nitrogens with one attached hydrogen (secondary N) is 2. The zero-order valence-electron chi connectivity index (χ0n) is 11.1. The Labute approximate surface area is 113 Å². The molecule has 2 rings (SSSR count). The van der Waals surface area contributed by atoms with Gasteiger partial charge in [0.1, 0.15) is 12.4 Å². The van der Waals surface area contributed by atoms with Crippen molar-refractivity contribution in [2.75, 3.05) is 30.4 Å². The van der Waals surface area contributed by atoms with E-state index in [1.54, 1.807) is 7.05 Å². The van der Waals surface area contributed by atoms with Crippen LogP contribution in [0.1, 0.15) is 13.3 Å². The van der Waals surface area contributed by atoms with E-state index in [2.05, 4.69) is 25.5 Å². The van der Waals surface area contributed by atoms with Gasteiger partial charge in [-0.05, 0) is 6.42 Å². The molecule has 0 saturated carbocycles. The van der Waals surface area contributed by atoms with Gasteiger partial charge >= 0.3 is 6.18 Å². The Morgan fingerprint density at radius 1 is 1.35 bits per heavy atom. The van der Waals surface area contributed by atoms with Crippen LogP contribution in [0, 0.1) is 0 Å². The molecule has 0 aliphatic rings. The maximum atomic E-state index is 12.7. The maximum absolute atomic E-state index is 12.7. The summed E-state index contributed by atoms with van der Waals surface area (Å²) in [5.74, 6) is 0.479. The number of rotatable bonds is 5. The molecule has 2 aromatic rings. The van der Waals surface area contributed by atoms with Gasteiger partial charge in [0, 0.05) is 13.6 Å². The molecule has 0 bridgehead atoms. The van der Waals surface area contributed by atoms with Crippen LogP contribution in [0.15, 0.2) is 6.20 Å². The van der Waals surface area contributed by atoms with Gasteiger partial charge in [-0.15, -0.1) is 0 Å². The molecule has 0 radical (unpaired) electrons. The van der Waals surface area contributed by atoms with E-state index < -0.39 is 12.7 Å². The first-order chi connectivity index (χ1) is 9.44. The smallest absolute Gasteiger partial charge is 0.357 e. The van der Waals surface area contributed by atoms with E-state index in [9.17, 15) is 13.2 Å². The van der Waals surface area contributed by atoms with Crippen LogP contribution in [0.4, 0.5) is 24.9 Å². The third-order valence-electron chi connectivity index (χ3n) is 2.68. The van der Waals surface area contributed by atoms with Crippen molar-refractivity contribution in [1.82, 2.24) is 20.2 Å². The van der Waals surface area contributed by atoms with Crippen LogP contribution in [0.3, 0.4) is 0 Å². The molecule has 6 nitrogen and oxygen atoms in total. The van der Waals surface area contributed by atoms with E-state index in [0.717, 1.165) is 0 Å². The lowest BCUT2D eigenvalue weighted by atomic mass is 10.3. The second-order valence-electron chi connectivity index (χ2n) is 4.29. The molecule has 0 fully saturated rings. The van der Waals surface area contributed by atoms with Gasteiger partial charge in [-0.3, -0.25) is 5.10 Å². The Morgan fingerprint density at radius 2 is 2.10 bits per heavy atom. The molecule has 0 aromatic carbocycles. The summed E-state index contributed by atoms with van der Waals surface area (Å²) in [7, 11) is 1.61. The molecular formula is C11H15F3N6. The van der Waals surface area contributed by atoms with Gasteiger partial charge in [-0.2, -0.15) is 28.2 Å². The van der Waals surface area contributed by atoms with Crippen molar-refractivity contribution >= 4 is 22.8 Å². The number of halogens is 3. The Hall–Kier alpha value is -2.06. The first-order valence-corrected chi connectivity index (χ1v) is 6.15. The van der Waals surface area contributed by atoms with Gasteiger partial charge in [-0.25, -0.2) is 0 Å². The number of alkyl halides is 3. The van der Waals surface area contributed by atoms with Crippen LogP contribution in [0.5, 0.6) is 0 Å². The molecule has 20 heavy (non-hydrogen) atoms. The fourth-order valence-corrected chi connectivity index (χ4v) is 1.92. The topological polar surface area (TPSA) is 69.7 Å². The van der Waals surface area contributed by atoms with Gasteiger partial charge in [0.15, 0.2) is 5.65 Å². The van der Waals surface area contributed by atoms with E-state index in [0.29, 0.717) is 17.5 Å². The summed E-state index contributed by atoms with van der Waals surface area (Å²) in [4.78, 5) is 9.44. The fourth-order valence-electron chi connectivity index (χ4n) is 1.92. The van der Waals surface area contributed by atoms with E-state index in [4.69, 9.17) is 0 Å². The van der Waals surface area contributed by atoms with Crippen molar-refractivity contribution in [3.63, 3.8) is 0 Å². The SMILES string of the molecule is CCCN(CC(F)(F)F)c1nc(NC)nc2[nH]ncc12. The van der Waals surface area contributed by atoms with Gasteiger partial charge in [0.05, 0.1) is 11.6 Å². The number of hydrogen-bond donors (Lipinski definition) is 2. The zero-order valence-corrected chi connectivity index (χ0v) is 11.1. The Kier molecular flexibility index (Phi) is 3.96. The lowest BCUT2D eigenvalue weighted by Gasteiger charge is -2.25. The molecule has 0 atom stereocenters. The van der Waals surface area contributed by atoms with E-state index in [1.807, 2.05) is 6.92 Å². The first kappa shape index (κ1) is 14.4. The van der Waals surface area contributed by atoms with Gasteiger partial charge in [-0.1, -0.05) is 6.92 Å². The second-order valence-corrected chi connectivity index (χ2v) is 4.29. The molecule has 0 amide bonds. The molecule has 110 valence electrons. The van der Waals surface area contributed by atoms with E-state index in [1.165, 1.54) is 11.1 Å². The maximum Gasteiger partial charge on any atom is 0.405 e. The van der Waals surface area contributed by atoms with Crippen LogP contribution >= 0.6 is 0 Å². The summed E-state index contributed by atoms with van der Waals surface area (Å²) in [6, 6.07) is 0. The highest BCUT2D eigenvalue weighted by atomic mass is 19.4. The summed E-state index contributed by atoms with van der Waals surface area (Å²) in [6.45, 7) is 1.01. The quantitative estimate of drug-likeness (QED) is 0.882. The van der Waals surface area contributed by atoms with Crippen LogP contribution in [0.25, 0.3) is 11.0 Å². The number of hydrogen-bond acceptors (Lipinski definition) is 5. The third-order valence-corrected chi connectivity index (χ3v) is 2.68. The predicted molar refractivity (Wildman–Crippen MR) is 69.8 cm³/mol. The number of anilines is 2. The van der Waals surface area contributed by atoms with Crippen molar-refractivity contribution in [3.8, 4) is 0 Å². The first-order valence-electron chi connectivity index (χ1n) is 6.15. The van der Waals surface area contributed by atoms with Gasteiger partial charge in [0.2, 0.25) is 5.95 Å². The minimum absolute atomic E-state index is 0.229. The van der Waals surface area contributed by atoms with E-state index >= 15 is 0 Å². The molecule has 2 N–H and O–H groups in total. The van der Waals surface area contributed by atoms with Crippen molar-refractivity contribution in [1.29, 1.82) is 0 Å². The molecule has 9 heteroatoms. The highest BCUT2D eigenvalue weighted by molar-refractivity contribution is 5.87. The number of H-pyrrole nitrogens is 1. The monoisotopic (exact) mass is 288 g/mol. The van der Waals surface area contributed by atoms with Crippen molar-refractivity contribution < 1.29 is 13.2 Å². The average molecular weight is 288 g/mol. The highest BCUT2D eigenvalue weighted by Gasteiger charge is 2.32. The minimum atomic E-state index is -4.30. The van der Waals surface area contributed by atoms with Crippen molar-refractivity contribution in [2.24, 2.45) is 0 Å². The van der Waals surface area contributed by atoms with Gasteiger partial charge in [0.25, 0.3) is 0 Å². The van der Waals surface area contributed by atoms with E-state index in [-0.39, 0.29) is 18.3 Å². The van der Waals surface area contributed by atoms with Gasteiger partial charge < -0.3 is 10.2 Å². The fraction of sp³-hybridized carbons (Fsp3) is 0.545. The van der Waals surface area contributed by atoms with Crippen LogP contribution in [0.2, 0.25) is 0 Å². The summed E-state index contributed by atoms with van der Waals surface area (Å²) in [5.41, 5.74) is 0.405. The van der Waals surface area contributed by atoms with Crippen LogP contribution in [-0.4, -0.2) is 46.5 Å². The average Bonchev–Trinajstić information content (AvgIpc) is 2.83. The molecule has 2 heterocycles. The third kappa shape index (κ3) is 3.09.